The van der Waals surface area contributed by atoms with Crippen LogP contribution in [0.2, 0.25) is 0 Å². The number of fused-ring (bicyclic) bond motifs is 1. The summed E-state index contributed by atoms with van der Waals surface area (Å²) in [5.41, 5.74) is 0. The van der Waals surface area contributed by atoms with Gasteiger partial charge in [0.05, 0.1) is 6.54 Å². The molecule has 1 saturated heterocycles. The van der Waals surface area contributed by atoms with Crippen molar-refractivity contribution >= 4 is 5.96 Å². The van der Waals surface area contributed by atoms with Crippen molar-refractivity contribution in [2.75, 3.05) is 26.2 Å². The van der Waals surface area contributed by atoms with Gasteiger partial charge in [-0.1, -0.05) is 12.8 Å². The van der Waals surface area contributed by atoms with E-state index in [0.717, 1.165) is 37.3 Å². The van der Waals surface area contributed by atoms with Crippen molar-refractivity contribution in [3.05, 3.63) is 0 Å². The monoisotopic (exact) mass is 247 g/mol. The van der Waals surface area contributed by atoms with Crippen LogP contribution < -0.4 is 5.32 Å². The number of aliphatic imine (C=N–C) groups is 1. The van der Waals surface area contributed by atoms with Crippen LogP contribution in [0.3, 0.4) is 0 Å². The number of nitrogens with zero attached hydrogens (tertiary/aromatic N) is 2. The molecule has 1 N–H and O–H groups in total. The number of hydrogen-bond acceptors (Lipinski definition) is 1. The van der Waals surface area contributed by atoms with Crippen LogP contribution in [0.4, 0.5) is 0 Å². The second kappa shape index (κ2) is 6.68. The van der Waals surface area contributed by atoms with Crippen molar-refractivity contribution in [1.82, 2.24) is 10.2 Å². The van der Waals surface area contributed by atoms with Gasteiger partial charge in [-0.3, -0.25) is 4.99 Å². The van der Waals surface area contributed by atoms with Crippen LogP contribution >= 0.6 is 0 Å². The maximum Gasteiger partial charge on any atom is 0.193 e. The van der Waals surface area contributed by atoms with Crippen molar-refractivity contribution < 1.29 is 0 Å². The molecule has 1 heterocycles. The Balaban J connectivity index is 1.94. The van der Waals surface area contributed by atoms with Gasteiger partial charge in [-0.25, -0.2) is 0 Å². The SMILES string of the molecule is C#CCCN=C(NCC)N1CC2CCCCC2C1. The number of nitrogens with one attached hydrogen (secondary N) is 1. The summed E-state index contributed by atoms with van der Waals surface area (Å²) in [4.78, 5) is 7.08. The van der Waals surface area contributed by atoms with Crippen molar-refractivity contribution in [1.29, 1.82) is 0 Å². The van der Waals surface area contributed by atoms with Gasteiger partial charge in [0.15, 0.2) is 5.96 Å². The molecule has 0 aromatic heterocycles. The fraction of sp³-hybridized carbons (Fsp3) is 0.800. The third-order valence-electron chi connectivity index (χ3n) is 4.13. The molecular weight excluding hydrogens is 222 g/mol. The minimum Gasteiger partial charge on any atom is -0.357 e. The van der Waals surface area contributed by atoms with Crippen LogP contribution in [0.1, 0.15) is 39.0 Å². The van der Waals surface area contributed by atoms with Gasteiger partial charge in [-0.15, -0.1) is 12.3 Å². The first-order chi connectivity index (χ1) is 8.85. The third kappa shape index (κ3) is 3.19. The van der Waals surface area contributed by atoms with Crippen LogP contribution in [-0.4, -0.2) is 37.0 Å². The molecule has 2 atom stereocenters. The van der Waals surface area contributed by atoms with E-state index in [1.807, 2.05) is 0 Å². The van der Waals surface area contributed by atoms with Crippen LogP contribution in [0.15, 0.2) is 4.99 Å². The Morgan fingerprint density at radius 3 is 2.56 bits per heavy atom. The van der Waals surface area contributed by atoms with E-state index in [2.05, 4.69) is 28.1 Å². The maximum atomic E-state index is 5.28. The lowest BCUT2D eigenvalue weighted by atomic mass is 9.82. The summed E-state index contributed by atoms with van der Waals surface area (Å²) in [5.74, 6) is 5.52. The summed E-state index contributed by atoms with van der Waals surface area (Å²) >= 11 is 0. The average Bonchev–Trinajstić information content (AvgIpc) is 2.81. The summed E-state index contributed by atoms with van der Waals surface area (Å²) in [6, 6.07) is 0. The minimum absolute atomic E-state index is 0.732. The van der Waals surface area contributed by atoms with Crippen molar-refractivity contribution in [3.63, 3.8) is 0 Å². The lowest BCUT2D eigenvalue weighted by Gasteiger charge is -2.22. The molecule has 0 bridgehead atoms. The Morgan fingerprint density at radius 1 is 1.33 bits per heavy atom. The lowest BCUT2D eigenvalue weighted by Crippen LogP contribution is -2.40. The zero-order chi connectivity index (χ0) is 12.8. The highest BCUT2D eigenvalue weighted by molar-refractivity contribution is 5.80. The molecule has 3 nitrogen and oxygen atoms in total. The molecule has 2 aliphatic rings. The number of terminal acetylenes is 1. The van der Waals surface area contributed by atoms with E-state index in [1.165, 1.54) is 38.8 Å². The Hall–Kier alpha value is -1.17. The third-order valence-corrected chi connectivity index (χ3v) is 4.13. The Morgan fingerprint density at radius 2 is 2.00 bits per heavy atom. The van der Waals surface area contributed by atoms with Gasteiger partial charge < -0.3 is 10.2 Å². The quantitative estimate of drug-likeness (QED) is 0.358. The molecule has 18 heavy (non-hydrogen) atoms. The molecule has 100 valence electrons. The molecule has 0 spiro atoms. The Bertz CT molecular complexity index is 315. The Labute approximate surface area is 111 Å². The van der Waals surface area contributed by atoms with Crippen LogP contribution in [0, 0.1) is 24.2 Å². The second-order valence-electron chi connectivity index (χ2n) is 5.40. The number of rotatable bonds is 3. The molecule has 0 radical (unpaired) electrons. The average molecular weight is 247 g/mol. The molecule has 2 fully saturated rings. The first-order valence-electron chi connectivity index (χ1n) is 7.32. The van der Waals surface area contributed by atoms with Crippen LogP contribution in [0.5, 0.6) is 0 Å². The molecule has 0 amide bonds. The van der Waals surface area contributed by atoms with Crippen molar-refractivity contribution in [3.8, 4) is 12.3 Å². The standard InChI is InChI=1S/C15H25N3/c1-3-5-10-17-15(16-4-2)18-11-13-8-6-7-9-14(13)12-18/h1,13-14H,4-12H2,2H3,(H,16,17). The maximum absolute atomic E-state index is 5.28. The zero-order valence-corrected chi connectivity index (χ0v) is 11.5. The molecule has 2 unspecified atom stereocenters. The van der Waals surface area contributed by atoms with E-state index in [-0.39, 0.29) is 0 Å². The molecule has 1 aliphatic heterocycles. The van der Waals surface area contributed by atoms with E-state index in [0.29, 0.717) is 0 Å². The first kappa shape index (κ1) is 13.3. The summed E-state index contributed by atoms with van der Waals surface area (Å²) in [7, 11) is 0. The minimum atomic E-state index is 0.732. The van der Waals surface area contributed by atoms with E-state index in [9.17, 15) is 0 Å². The number of guanidine groups is 1. The predicted octanol–water partition coefficient (Wildman–Crippen LogP) is 2.10. The molecule has 1 aliphatic carbocycles. The van der Waals surface area contributed by atoms with Gasteiger partial charge >= 0.3 is 0 Å². The predicted molar refractivity (Wildman–Crippen MR) is 76.4 cm³/mol. The van der Waals surface area contributed by atoms with Crippen molar-refractivity contribution in [2.45, 2.75) is 39.0 Å². The summed E-state index contributed by atoms with van der Waals surface area (Å²) in [6.45, 7) is 6.17. The van der Waals surface area contributed by atoms with Gasteiger partial charge in [-0.2, -0.15) is 0 Å². The fourth-order valence-electron chi connectivity index (χ4n) is 3.23. The molecule has 0 aromatic carbocycles. The van der Waals surface area contributed by atoms with Crippen LogP contribution in [0.25, 0.3) is 0 Å². The normalized spacial score (nSPS) is 27.8. The molecule has 1 saturated carbocycles. The van der Waals surface area contributed by atoms with E-state index < -0.39 is 0 Å². The van der Waals surface area contributed by atoms with Gasteiger partial charge in [0.2, 0.25) is 0 Å². The summed E-state index contributed by atoms with van der Waals surface area (Å²) in [5, 5.41) is 3.40. The molecule has 0 aromatic rings. The highest BCUT2D eigenvalue weighted by Crippen LogP contribution is 2.35. The topological polar surface area (TPSA) is 27.6 Å². The molecule has 2 rings (SSSR count). The largest absolute Gasteiger partial charge is 0.357 e. The fourth-order valence-corrected chi connectivity index (χ4v) is 3.23. The van der Waals surface area contributed by atoms with E-state index in [4.69, 9.17) is 6.42 Å². The second-order valence-corrected chi connectivity index (χ2v) is 5.40. The molecular formula is C15H25N3. The van der Waals surface area contributed by atoms with Crippen molar-refractivity contribution in [2.24, 2.45) is 16.8 Å². The van der Waals surface area contributed by atoms with Gasteiger partial charge in [-0.05, 0) is 31.6 Å². The highest BCUT2D eigenvalue weighted by Gasteiger charge is 2.35. The number of likely N-dealkylation sites (tertiary alicyclic amines) is 1. The molecule has 3 heteroatoms. The first-order valence-corrected chi connectivity index (χ1v) is 7.32. The van der Waals surface area contributed by atoms with Gasteiger partial charge in [0, 0.05) is 26.1 Å². The van der Waals surface area contributed by atoms with Gasteiger partial charge in [0.25, 0.3) is 0 Å². The van der Waals surface area contributed by atoms with Crippen LogP contribution in [-0.2, 0) is 0 Å². The summed E-state index contributed by atoms with van der Waals surface area (Å²) < 4.78 is 0. The number of hydrogen-bond donors (Lipinski definition) is 1. The van der Waals surface area contributed by atoms with E-state index >= 15 is 0 Å². The zero-order valence-electron chi connectivity index (χ0n) is 11.5. The smallest absolute Gasteiger partial charge is 0.193 e. The van der Waals surface area contributed by atoms with E-state index in [1.54, 1.807) is 0 Å². The lowest BCUT2D eigenvalue weighted by molar-refractivity contribution is 0.299. The summed E-state index contributed by atoms with van der Waals surface area (Å²) in [6.07, 6.45) is 11.7. The highest BCUT2D eigenvalue weighted by atomic mass is 15.3. The Kier molecular flexibility index (Phi) is 4.92. The van der Waals surface area contributed by atoms with Gasteiger partial charge in [0.1, 0.15) is 0 Å².